The SMILES string of the molecule is CNCc1ccc([N+](=O)[O-])cc1F. The minimum absolute atomic E-state index is 0.225. The van der Waals surface area contributed by atoms with Crippen LogP contribution < -0.4 is 5.32 Å². The number of rotatable bonds is 3. The third-order valence-corrected chi connectivity index (χ3v) is 1.61. The van der Waals surface area contributed by atoms with Crippen molar-refractivity contribution in [2.24, 2.45) is 0 Å². The second-order valence-electron chi connectivity index (χ2n) is 2.56. The quantitative estimate of drug-likeness (QED) is 0.571. The van der Waals surface area contributed by atoms with Gasteiger partial charge in [0, 0.05) is 18.2 Å². The highest BCUT2D eigenvalue weighted by molar-refractivity contribution is 5.34. The Morgan fingerprint density at radius 3 is 2.77 bits per heavy atom. The zero-order valence-electron chi connectivity index (χ0n) is 7.08. The first-order valence-electron chi connectivity index (χ1n) is 3.72. The molecule has 1 aromatic carbocycles. The molecule has 0 atom stereocenters. The monoisotopic (exact) mass is 184 g/mol. The van der Waals surface area contributed by atoms with Crippen molar-refractivity contribution in [3.8, 4) is 0 Å². The molecule has 0 aliphatic heterocycles. The van der Waals surface area contributed by atoms with Crippen LogP contribution in [-0.4, -0.2) is 12.0 Å². The molecule has 0 spiro atoms. The fourth-order valence-corrected chi connectivity index (χ4v) is 0.984. The first kappa shape index (κ1) is 9.60. The third-order valence-electron chi connectivity index (χ3n) is 1.61. The molecule has 0 aliphatic carbocycles. The number of nitro benzene ring substituents is 1. The number of benzene rings is 1. The Labute approximate surface area is 74.5 Å². The van der Waals surface area contributed by atoms with Gasteiger partial charge in [-0.15, -0.1) is 0 Å². The van der Waals surface area contributed by atoms with Crippen LogP contribution in [0.15, 0.2) is 18.2 Å². The maximum Gasteiger partial charge on any atom is 0.272 e. The van der Waals surface area contributed by atoms with E-state index in [1.54, 1.807) is 7.05 Å². The molecule has 5 heteroatoms. The van der Waals surface area contributed by atoms with Gasteiger partial charge in [-0.1, -0.05) is 0 Å². The van der Waals surface area contributed by atoms with Crippen LogP contribution in [0.5, 0.6) is 0 Å². The predicted octanol–water partition coefficient (Wildman–Crippen LogP) is 1.45. The average molecular weight is 184 g/mol. The predicted molar refractivity (Wildman–Crippen MR) is 45.8 cm³/mol. The summed E-state index contributed by atoms with van der Waals surface area (Å²) >= 11 is 0. The molecule has 0 radical (unpaired) electrons. The van der Waals surface area contributed by atoms with E-state index >= 15 is 0 Å². The van der Waals surface area contributed by atoms with Gasteiger partial charge in [-0.05, 0) is 13.1 Å². The number of halogens is 1. The zero-order chi connectivity index (χ0) is 9.84. The van der Waals surface area contributed by atoms with Gasteiger partial charge >= 0.3 is 0 Å². The van der Waals surface area contributed by atoms with Crippen molar-refractivity contribution in [2.75, 3.05) is 7.05 Å². The summed E-state index contributed by atoms with van der Waals surface area (Å²) in [6.45, 7) is 0.365. The Kier molecular flexibility index (Phi) is 2.92. The highest BCUT2D eigenvalue weighted by Gasteiger charge is 2.09. The van der Waals surface area contributed by atoms with E-state index < -0.39 is 10.7 Å². The molecule has 13 heavy (non-hydrogen) atoms. The van der Waals surface area contributed by atoms with Crippen LogP contribution in [0.2, 0.25) is 0 Å². The van der Waals surface area contributed by atoms with Crippen molar-refractivity contribution < 1.29 is 9.31 Å². The van der Waals surface area contributed by atoms with E-state index in [4.69, 9.17) is 0 Å². The van der Waals surface area contributed by atoms with Gasteiger partial charge in [0.15, 0.2) is 0 Å². The molecular formula is C8H9FN2O2. The molecule has 1 aromatic rings. The van der Waals surface area contributed by atoms with Crippen LogP contribution in [0.3, 0.4) is 0 Å². The van der Waals surface area contributed by atoms with E-state index in [-0.39, 0.29) is 5.69 Å². The van der Waals surface area contributed by atoms with E-state index in [0.29, 0.717) is 12.1 Å². The molecule has 0 unspecified atom stereocenters. The number of nitrogens with zero attached hydrogens (tertiary/aromatic N) is 1. The van der Waals surface area contributed by atoms with Crippen molar-refractivity contribution >= 4 is 5.69 Å². The van der Waals surface area contributed by atoms with E-state index in [2.05, 4.69) is 5.32 Å². The van der Waals surface area contributed by atoms with Gasteiger partial charge in [-0.25, -0.2) is 4.39 Å². The minimum Gasteiger partial charge on any atom is -0.316 e. The van der Waals surface area contributed by atoms with Crippen LogP contribution >= 0.6 is 0 Å². The Balaban J connectivity index is 2.98. The number of hydrogen-bond acceptors (Lipinski definition) is 3. The fourth-order valence-electron chi connectivity index (χ4n) is 0.984. The topological polar surface area (TPSA) is 55.2 Å². The lowest BCUT2D eigenvalue weighted by molar-refractivity contribution is -0.385. The molecule has 4 nitrogen and oxygen atoms in total. The van der Waals surface area contributed by atoms with Gasteiger partial charge in [-0.3, -0.25) is 10.1 Å². The smallest absolute Gasteiger partial charge is 0.272 e. The Morgan fingerprint density at radius 2 is 2.31 bits per heavy atom. The Morgan fingerprint density at radius 1 is 1.62 bits per heavy atom. The summed E-state index contributed by atoms with van der Waals surface area (Å²) in [5, 5.41) is 13.0. The number of hydrogen-bond donors (Lipinski definition) is 1. The molecule has 0 heterocycles. The maximum absolute atomic E-state index is 13.1. The molecule has 0 aromatic heterocycles. The highest BCUT2D eigenvalue weighted by atomic mass is 19.1. The molecular weight excluding hydrogens is 175 g/mol. The largest absolute Gasteiger partial charge is 0.316 e. The van der Waals surface area contributed by atoms with Gasteiger partial charge in [0.05, 0.1) is 11.0 Å². The number of non-ortho nitro benzene ring substituents is 1. The van der Waals surface area contributed by atoms with E-state index in [0.717, 1.165) is 6.07 Å². The van der Waals surface area contributed by atoms with Crippen molar-refractivity contribution in [1.29, 1.82) is 0 Å². The lowest BCUT2D eigenvalue weighted by Crippen LogP contribution is -2.07. The number of nitrogens with one attached hydrogen (secondary N) is 1. The van der Waals surface area contributed by atoms with Crippen LogP contribution in [0.25, 0.3) is 0 Å². The molecule has 70 valence electrons. The second-order valence-corrected chi connectivity index (χ2v) is 2.56. The molecule has 0 saturated carbocycles. The van der Waals surface area contributed by atoms with Crippen molar-refractivity contribution in [3.05, 3.63) is 39.7 Å². The third kappa shape index (κ3) is 2.22. The van der Waals surface area contributed by atoms with Crippen LogP contribution in [0, 0.1) is 15.9 Å². The standard InChI is InChI=1S/C8H9FN2O2/c1-10-5-6-2-3-7(11(12)13)4-8(6)9/h2-4,10H,5H2,1H3. The van der Waals surface area contributed by atoms with Crippen LogP contribution in [-0.2, 0) is 6.54 Å². The van der Waals surface area contributed by atoms with Crippen molar-refractivity contribution in [3.63, 3.8) is 0 Å². The van der Waals surface area contributed by atoms with Crippen LogP contribution in [0.1, 0.15) is 5.56 Å². The van der Waals surface area contributed by atoms with Crippen molar-refractivity contribution in [1.82, 2.24) is 5.32 Å². The lowest BCUT2D eigenvalue weighted by atomic mass is 10.2. The van der Waals surface area contributed by atoms with E-state index in [1.807, 2.05) is 0 Å². The van der Waals surface area contributed by atoms with Gasteiger partial charge in [0.1, 0.15) is 5.82 Å². The minimum atomic E-state index is -0.619. The normalized spacial score (nSPS) is 10.0. The van der Waals surface area contributed by atoms with Gasteiger partial charge < -0.3 is 5.32 Å². The average Bonchev–Trinajstić information content (AvgIpc) is 2.08. The lowest BCUT2D eigenvalue weighted by Gasteiger charge is -2.00. The molecule has 0 aliphatic rings. The van der Waals surface area contributed by atoms with Crippen LogP contribution in [0.4, 0.5) is 10.1 Å². The highest BCUT2D eigenvalue weighted by Crippen LogP contribution is 2.15. The fraction of sp³-hybridized carbons (Fsp3) is 0.250. The molecule has 1 rings (SSSR count). The first-order chi connectivity index (χ1) is 6.15. The summed E-state index contributed by atoms with van der Waals surface area (Å²) in [6, 6.07) is 3.62. The van der Waals surface area contributed by atoms with Gasteiger partial charge in [0.2, 0.25) is 0 Å². The molecule has 0 fully saturated rings. The zero-order valence-corrected chi connectivity index (χ0v) is 7.08. The summed E-state index contributed by atoms with van der Waals surface area (Å²) in [4.78, 5) is 9.63. The van der Waals surface area contributed by atoms with Gasteiger partial charge in [-0.2, -0.15) is 0 Å². The maximum atomic E-state index is 13.1. The first-order valence-corrected chi connectivity index (χ1v) is 3.72. The van der Waals surface area contributed by atoms with Crippen molar-refractivity contribution in [2.45, 2.75) is 6.54 Å². The molecule has 0 saturated heterocycles. The summed E-state index contributed by atoms with van der Waals surface area (Å²) in [6.07, 6.45) is 0. The summed E-state index contributed by atoms with van der Waals surface area (Å²) in [5.74, 6) is -0.552. The number of nitro groups is 1. The van der Waals surface area contributed by atoms with Gasteiger partial charge in [0.25, 0.3) is 5.69 Å². The summed E-state index contributed by atoms with van der Waals surface area (Å²) in [5.41, 5.74) is 0.199. The summed E-state index contributed by atoms with van der Waals surface area (Å²) in [7, 11) is 1.68. The van der Waals surface area contributed by atoms with E-state index in [9.17, 15) is 14.5 Å². The molecule has 1 N–H and O–H groups in total. The van der Waals surface area contributed by atoms with E-state index in [1.165, 1.54) is 12.1 Å². The Bertz CT molecular complexity index is 328. The Hall–Kier alpha value is -1.49. The molecule has 0 amide bonds. The summed E-state index contributed by atoms with van der Waals surface area (Å²) < 4.78 is 13.1. The second kappa shape index (κ2) is 3.95. The molecule has 0 bridgehead atoms.